The molecule has 0 aromatic carbocycles. The van der Waals surface area contributed by atoms with E-state index < -0.39 is 27.0 Å². The predicted molar refractivity (Wildman–Crippen MR) is 63.7 cm³/mol. The number of quaternary nitrogens is 1. The van der Waals surface area contributed by atoms with Crippen LogP contribution in [0.3, 0.4) is 0 Å². The van der Waals surface area contributed by atoms with Crippen molar-refractivity contribution < 1.29 is 19.0 Å². The summed E-state index contributed by atoms with van der Waals surface area (Å²) in [7, 11) is 1.35. The van der Waals surface area contributed by atoms with Gasteiger partial charge < -0.3 is 0 Å². The average Bonchev–Trinajstić information content (AvgIpc) is 2.31. The molecule has 2 atom stereocenters. The van der Waals surface area contributed by atoms with Gasteiger partial charge in [0.25, 0.3) is 0 Å². The molecule has 0 aliphatic carbocycles. The number of likely N-dealkylation sites (N-methyl/N-ethyl adjacent to an activating group) is 1. The molecule has 0 aromatic heterocycles. The lowest BCUT2D eigenvalue weighted by Crippen LogP contribution is -2.61. The van der Waals surface area contributed by atoms with Crippen LogP contribution in [0.4, 0.5) is 4.79 Å². The van der Waals surface area contributed by atoms with Gasteiger partial charge in [-0.05, 0) is 6.42 Å². The molecule has 0 N–H and O–H groups in total. The molecule has 0 spiro atoms. The van der Waals surface area contributed by atoms with Gasteiger partial charge in [0.2, 0.25) is 0 Å². The number of nitrogens with zero attached hydrogens (tertiary/aromatic N) is 3. The number of urea groups is 1. The SMILES string of the molecule is CCC(C)C[N+]1(C)C(=O)C([N+](=O)[O-])=CN(Cl)C1=O. The zero-order valence-electron chi connectivity index (χ0n) is 10.4. The van der Waals surface area contributed by atoms with Crippen LogP contribution in [0.1, 0.15) is 20.3 Å². The fraction of sp³-hybridized carbons (Fsp3) is 0.600. The molecule has 0 aromatic rings. The summed E-state index contributed by atoms with van der Waals surface area (Å²) in [6, 6.07) is -0.674. The molecule has 2 unspecified atom stereocenters. The van der Waals surface area contributed by atoms with Crippen LogP contribution in [0.15, 0.2) is 11.9 Å². The molecule has 0 saturated carbocycles. The summed E-state index contributed by atoms with van der Waals surface area (Å²) in [4.78, 5) is 34.0. The quantitative estimate of drug-likeness (QED) is 0.339. The molecule has 0 radical (unpaired) electrons. The van der Waals surface area contributed by atoms with Gasteiger partial charge in [0.15, 0.2) is 0 Å². The van der Waals surface area contributed by atoms with E-state index in [1.807, 2.05) is 13.8 Å². The highest BCUT2D eigenvalue weighted by Gasteiger charge is 2.54. The van der Waals surface area contributed by atoms with Gasteiger partial charge in [0.1, 0.15) is 6.20 Å². The van der Waals surface area contributed by atoms with Crippen LogP contribution in [-0.2, 0) is 4.79 Å². The Morgan fingerprint density at radius 1 is 1.56 bits per heavy atom. The molecular weight excluding hydrogens is 262 g/mol. The average molecular weight is 277 g/mol. The Kier molecular flexibility index (Phi) is 4.08. The second-order valence-corrected chi connectivity index (χ2v) is 4.92. The van der Waals surface area contributed by atoms with Gasteiger partial charge >= 0.3 is 17.6 Å². The summed E-state index contributed by atoms with van der Waals surface area (Å²) < 4.78 is -0.118. The maximum absolute atomic E-state index is 12.1. The van der Waals surface area contributed by atoms with Gasteiger partial charge in [-0.1, -0.05) is 13.8 Å². The van der Waals surface area contributed by atoms with Crippen molar-refractivity contribution in [2.45, 2.75) is 20.3 Å². The van der Waals surface area contributed by atoms with Gasteiger partial charge in [-0.2, -0.15) is 8.90 Å². The van der Waals surface area contributed by atoms with E-state index in [0.29, 0.717) is 4.42 Å². The zero-order chi connectivity index (χ0) is 14.1. The number of nitro groups is 1. The number of halogens is 1. The molecule has 7 nitrogen and oxygen atoms in total. The first-order chi connectivity index (χ1) is 8.24. The molecule has 0 fully saturated rings. The number of carbonyl (C=O) groups excluding carboxylic acids is 2. The van der Waals surface area contributed by atoms with Gasteiger partial charge in [-0.15, -0.1) is 0 Å². The number of hydrogen-bond acceptors (Lipinski definition) is 4. The van der Waals surface area contributed by atoms with E-state index >= 15 is 0 Å². The summed E-state index contributed by atoms with van der Waals surface area (Å²) in [6.07, 6.45) is 1.51. The van der Waals surface area contributed by atoms with Crippen LogP contribution in [0.5, 0.6) is 0 Å². The van der Waals surface area contributed by atoms with Crippen molar-refractivity contribution in [1.29, 1.82) is 0 Å². The second-order valence-electron chi connectivity index (χ2n) is 4.56. The smallest absolute Gasteiger partial charge is 0.258 e. The highest BCUT2D eigenvalue weighted by Crippen LogP contribution is 2.25. The van der Waals surface area contributed by atoms with Gasteiger partial charge in [-0.25, -0.2) is 9.59 Å². The van der Waals surface area contributed by atoms with Crippen molar-refractivity contribution in [1.82, 2.24) is 4.42 Å². The molecule has 1 rings (SSSR count). The number of hydrogen-bond donors (Lipinski definition) is 0. The highest BCUT2D eigenvalue weighted by atomic mass is 35.5. The van der Waals surface area contributed by atoms with Crippen molar-refractivity contribution in [3.05, 3.63) is 22.0 Å². The summed E-state index contributed by atoms with van der Waals surface area (Å²) in [5, 5.41) is 10.8. The number of imide groups is 1. The topological polar surface area (TPSA) is 80.5 Å². The Morgan fingerprint density at radius 3 is 2.56 bits per heavy atom. The van der Waals surface area contributed by atoms with Crippen molar-refractivity contribution in [3.8, 4) is 0 Å². The first kappa shape index (κ1) is 14.6. The Morgan fingerprint density at radius 2 is 2.11 bits per heavy atom. The largest absolute Gasteiger partial charge is 0.445 e. The summed E-state index contributed by atoms with van der Waals surface area (Å²) in [5.74, 6) is -0.763. The third kappa shape index (κ3) is 2.37. The van der Waals surface area contributed by atoms with Crippen LogP contribution in [-0.4, -0.2) is 39.4 Å². The first-order valence-electron chi connectivity index (χ1n) is 5.50. The van der Waals surface area contributed by atoms with Gasteiger partial charge in [0.05, 0.1) is 18.5 Å². The normalized spacial score (nSPS) is 26.0. The fourth-order valence-electron chi connectivity index (χ4n) is 1.81. The lowest BCUT2D eigenvalue weighted by atomic mass is 10.1. The molecule has 3 amide bonds. The lowest BCUT2D eigenvalue weighted by molar-refractivity contribution is -0.762. The van der Waals surface area contributed by atoms with E-state index in [-0.39, 0.29) is 12.5 Å². The minimum absolute atomic E-state index is 0.0686. The Labute approximate surface area is 109 Å². The Hall–Kier alpha value is -1.47. The summed E-state index contributed by atoms with van der Waals surface area (Å²) in [6.45, 7) is 3.97. The molecule has 1 aliphatic heterocycles. The van der Waals surface area contributed by atoms with Gasteiger partial charge in [0, 0.05) is 17.7 Å². The van der Waals surface area contributed by atoms with Gasteiger partial charge in [-0.3, -0.25) is 10.1 Å². The maximum atomic E-state index is 12.1. The van der Waals surface area contributed by atoms with Crippen molar-refractivity contribution in [2.75, 3.05) is 13.6 Å². The molecule has 1 heterocycles. The van der Waals surface area contributed by atoms with Crippen LogP contribution >= 0.6 is 11.8 Å². The van der Waals surface area contributed by atoms with E-state index in [1.165, 1.54) is 7.05 Å². The maximum Gasteiger partial charge on any atom is 0.445 e. The molecule has 8 heteroatoms. The van der Waals surface area contributed by atoms with Crippen LogP contribution < -0.4 is 0 Å². The summed E-state index contributed by atoms with van der Waals surface area (Å²) >= 11 is 5.62. The monoisotopic (exact) mass is 276 g/mol. The van der Waals surface area contributed by atoms with Crippen molar-refractivity contribution in [2.24, 2.45) is 5.92 Å². The molecular formula is C10H15ClN3O4+. The first-order valence-corrected chi connectivity index (χ1v) is 5.84. The van der Waals surface area contributed by atoms with E-state index in [4.69, 9.17) is 11.8 Å². The molecule has 0 bridgehead atoms. The van der Waals surface area contributed by atoms with Crippen molar-refractivity contribution in [3.63, 3.8) is 0 Å². The van der Waals surface area contributed by atoms with Crippen LogP contribution in [0, 0.1) is 16.0 Å². The lowest BCUT2D eigenvalue weighted by Gasteiger charge is -2.33. The minimum atomic E-state index is -0.831. The molecule has 0 saturated heterocycles. The zero-order valence-corrected chi connectivity index (χ0v) is 11.2. The minimum Gasteiger partial charge on any atom is -0.258 e. The van der Waals surface area contributed by atoms with Crippen molar-refractivity contribution >= 4 is 23.7 Å². The van der Waals surface area contributed by atoms with Crippen LogP contribution in [0.25, 0.3) is 0 Å². The van der Waals surface area contributed by atoms with E-state index in [9.17, 15) is 19.7 Å². The number of carbonyl (C=O) groups is 2. The third-order valence-corrected chi connectivity index (χ3v) is 3.32. The molecule has 100 valence electrons. The third-order valence-electron chi connectivity index (χ3n) is 3.08. The van der Waals surface area contributed by atoms with E-state index in [2.05, 4.69) is 0 Å². The number of rotatable bonds is 4. The standard InChI is InChI=1S/C10H15ClN3O4/c1-4-7(2)6-14(3)9(15)8(13(17)18)5-12(11)10(14)16/h5,7H,4,6H2,1-3H3/q+1. The van der Waals surface area contributed by atoms with E-state index in [1.54, 1.807) is 0 Å². The molecule has 18 heavy (non-hydrogen) atoms. The second kappa shape index (κ2) is 5.03. The Bertz CT molecular complexity index is 437. The summed E-state index contributed by atoms with van der Waals surface area (Å²) in [5.41, 5.74) is -0.671. The number of amides is 3. The van der Waals surface area contributed by atoms with Crippen LogP contribution in [0.2, 0.25) is 0 Å². The molecule has 1 aliphatic rings. The fourth-order valence-corrected chi connectivity index (χ4v) is 2.07. The highest BCUT2D eigenvalue weighted by molar-refractivity contribution is 6.22. The predicted octanol–water partition coefficient (Wildman–Crippen LogP) is 1.71. The van der Waals surface area contributed by atoms with E-state index in [0.717, 1.165) is 12.6 Å². The Balaban J connectivity index is 3.19.